The zero-order valence-electron chi connectivity index (χ0n) is 8.43. The van der Waals surface area contributed by atoms with Gasteiger partial charge in [-0.25, -0.2) is 0 Å². The highest BCUT2D eigenvalue weighted by Crippen LogP contribution is 2.27. The Hall–Kier alpha value is -0.0100. The van der Waals surface area contributed by atoms with E-state index in [0.717, 1.165) is 12.5 Å². The van der Waals surface area contributed by atoms with E-state index in [1.807, 2.05) is 6.08 Å². The number of halogens is 1. The van der Waals surface area contributed by atoms with Crippen molar-refractivity contribution in [1.29, 1.82) is 0 Å². The van der Waals surface area contributed by atoms with Crippen LogP contribution in [0.15, 0.2) is 12.2 Å². The molecule has 1 aliphatic rings. The fourth-order valence-corrected chi connectivity index (χ4v) is 2.15. The second kappa shape index (κ2) is 6.44. The number of hydrogen-bond acceptors (Lipinski definition) is 1. The minimum Gasteiger partial charge on any atom is -0.311 e. The van der Waals surface area contributed by atoms with Crippen LogP contribution in [0.1, 0.15) is 32.6 Å². The molecule has 0 aromatic carbocycles. The molecule has 0 spiro atoms. The van der Waals surface area contributed by atoms with Crippen LogP contribution in [0.5, 0.6) is 0 Å². The van der Waals surface area contributed by atoms with Crippen molar-refractivity contribution >= 4 is 11.6 Å². The number of allylic oxidation sites excluding steroid dienone is 1. The van der Waals surface area contributed by atoms with Crippen molar-refractivity contribution in [2.24, 2.45) is 5.92 Å². The summed E-state index contributed by atoms with van der Waals surface area (Å²) in [4.78, 5) is 0. The van der Waals surface area contributed by atoms with E-state index in [9.17, 15) is 0 Å². The van der Waals surface area contributed by atoms with Gasteiger partial charge < -0.3 is 5.32 Å². The van der Waals surface area contributed by atoms with E-state index in [4.69, 9.17) is 11.6 Å². The average molecular weight is 202 g/mol. The number of rotatable bonds is 5. The van der Waals surface area contributed by atoms with E-state index in [0.29, 0.717) is 11.9 Å². The summed E-state index contributed by atoms with van der Waals surface area (Å²) in [5.74, 6) is 1.53. The van der Waals surface area contributed by atoms with E-state index in [1.54, 1.807) is 0 Å². The van der Waals surface area contributed by atoms with Crippen LogP contribution in [0, 0.1) is 5.92 Å². The van der Waals surface area contributed by atoms with Crippen molar-refractivity contribution in [3.63, 3.8) is 0 Å². The normalized spacial score (nSPS) is 21.4. The Morgan fingerprint density at radius 2 is 2.08 bits per heavy atom. The predicted octanol–water partition coefficient (Wildman–Crippen LogP) is 2.95. The highest BCUT2D eigenvalue weighted by molar-refractivity contribution is 6.18. The van der Waals surface area contributed by atoms with E-state index >= 15 is 0 Å². The number of nitrogens with one attached hydrogen (secondary N) is 1. The summed E-state index contributed by atoms with van der Waals surface area (Å²) in [6.07, 6.45) is 9.78. The quantitative estimate of drug-likeness (QED) is 0.533. The molecule has 1 atom stereocenters. The van der Waals surface area contributed by atoms with Gasteiger partial charge in [0.15, 0.2) is 0 Å². The second-order valence-electron chi connectivity index (χ2n) is 3.87. The molecule has 0 aromatic heterocycles. The first-order valence-electron chi connectivity index (χ1n) is 5.29. The smallest absolute Gasteiger partial charge is 0.0404 e. The predicted molar refractivity (Wildman–Crippen MR) is 59.3 cm³/mol. The van der Waals surface area contributed by atoms with Crippen molar-refractivity contribution < 1.29 is 0 Å². The van der Waals surface area contributed by atoms with E-state index < -0.39 is 0 Å². The molecular formula is C11H20ClN. The SMILES string of the molecule is CC(NC/C=C/CCl)C1CCCC1. The van der Waals surface area contributed by atoms with Crippen LogP contribution < -0.4 is 5.32 Å². The number of hydrogen-bond donors (Lipinski definition) is 1. The van der Waals surface area contributed by atoms with Gasteiger partial charge in [0, 0.05) is 18.5 Å². The minimum atomic E-state index is 0.624. The van der Waals surface area contributed by atoms with Crippen molar-refractivity contribution in [2.75, 3.05) is 12.4 Å². The van der Waals surface area contributed by atoms with Gasteiger partial charge in [-0.1, -0.05) is 25.0 Å². The Labute approximate surface area is 86.5 Å². The van der Waals surface area contributed by atoms with Crippen LogP contribution >= 0.6 is 11.6 Å². The fraction of sp³-hybridized carbons (Fsp3) is 0.818. The Balaban J connectivity index is 2.09. The average Bonchev–Trinajstić information content (AvgIpc) is 2.65. The van der Waals surface area contributed by atoms with Crippen molar-refractivity contribution in [2.45, 2.75) is 38.6 Å². The first-order chi connectivity index (χ1) is 6.34. The minimum absolute atomic E-state index is 0.624. The molecule has 0 heterocycles. The summed E-state index contributed by atoms with van der Waals surface area (Å²) < 4.78 is 0. The van der Waals surface area contributed by atoms with Crippen LogP contribution in [0.4, 0.5) is 0 Å². The largest absolute Gasteiger partial charge is 0.311 e. The fourth-order valence-electron chi connectivity index (χ4n) is 2.02. The standard InChI is InChI=1S/C11H20ClN/c1-10(11-6-2-3-7-11)13-9-5-4-8-12/h4-5,10-11,13H,2-3,6-9H2,1H3/b5-4+. The van der Waals surface area contributed by atoms with Gasteiger partial charge in [-0.15, -0.1) is 11.6 Å². The molecule has 0 saturated heterocycles. The van der Waals surface area contributed by atoms with Gasteiger partial charge in [0.05, 0.1) is 0 Å². The molecule has 0 aliphatic heterocycles. The van der Waals surface area contributed by atoms with Crippen LogP contribution in [0.25, 0.3) is 0 Å². The van der Waals surface area contributed by atoms with Crippen LogP contribution in [0.3, 0.4) is 0 Å². The molecule has 13 heavy (non-hydrogen) atoms. The second-order valence-corrected chi connectivity index (χ2v) is 4.18. The molecule has 1 N–H and O–H groups in total. The zero-order chi connectivity index (χ0) is 9.52. The van der Waals surface area contributed by atoms with Gasteiger partial charge in [-0.3, -0.25) is 0 Å². The Kier molecular flexibility index (Phi) is 5.49. The monoisotopic (exact) mass is 201 g/mol. The molecule has 1 nitrogen and oxygen atoms in total. The van der Waals surface area contributed by atoms with Gasteiger partial charge in [0.1, 0.15) is 0 Å². The third-order valence-electron chi connectivity index (χ3n) is 2.92. The number of alkyl halides is 1. The summed E-state index contributed by atoms with van der Waals surface area (Å²) in [6, 6.07) is 0.669. The van der Waals surface area contributed by atoms with E-state index in [2.05, 4.69) is 18.3 Å². The maximum Gasteiger partial charge on any atom is 0.0404 e. The third-order valence-corrected chi connectivity index (χ3v) is 3.10. The zero-order valence-corrected chi connectivity index (χ0v) is 9.19. The van der Waals surface area contributed by atoms with Crippen LogP contribution in [-0.2, 0) is 0 Å². The van der Waals surface area contributed by atoms with E-state index in [1.165, 1.54) is 25.7 Å². The molecular weight excluding hydrogens is 182 g/mol. The highest BCUT2D eigenvalue weighted by atomic mass is 35.5. The lowest BCUT2D eigenvalue weighted by atomic mass is 10.00. The molecule has 1 rings (SSSR count). The molecule has 2 heteroatoms. The van der Waals surface area contributed by atoms with Gasteiger partial charge >= 0.3 is 0 Å². The van der Waals surface area contributed by atoms with Gasteiger partial charge in [0.25, 0.3) is 0 Å². The topological polar surface area (TPSA) is 12.0 Å². The first-order valence-corrected chi connectivity index (χ1v) is 5.82. The van der Waals surface area contributed by atoms with Crippen LogP contribution in [0.2, 0.25) is 0 Å². The summed E-state index contributed by atoms with van der Waals surface area (Å²) >= 11 is 5.53. The van der Waals surface area contributed by atoms with Gasteiger partial charge in [-0.2, -0.15) is 0 Å². The molecule has 0 bridgehead atoms. The molecule has 0 aromatic rings. The lowest BCUT2D eigenvalue weighted by Crippen LogP contribution is -2.32. The summed E-state index contributed by atoms with van der Waals surface area (Å²) in [5, 5.41) is 3.51. The van der Waals surface area contributed by atoms with Crippen molar-refractivity contribution in [3.05, 3.63) is 12.2 Å². The molecule has 76 valence electrons. The van der Waals surface area contributed by atoms with Gasteiger partial charge in [-0.05, 0) is 25.7 Å². The summed E-state index contributed by atoms with van der Waals surface area (Å²) in [6.45, 7) is 3.26. The molecule has 1 saturated carbocycles. The molecule has 1 fully saturated rings. The Bertz CT molecular complexity index is 150. The molecule has 1 unspecified atom stereocenters. The Morgan fingerprint density at radius 1 is 1.38 bits per heavy atom. The summed E-state index contributed by atoms with van der Waals surface area (Å²) in [5.41, 5.74) is 0. The van der Waals surface area contributed by atoms with Crippen molar-refractivity contribution in [1.82, 2.24) is 5.32 Å². The van der Waals surface area contributed by atoms with Gasteiger partial charge in [0.2, 0.25) is 0 Å². The maximum atomic E-state index is 5.53. The molecule has 0 radical (unpaired) electrons. The summed E-state index contributed by atoms with van der Waals surface area (Å²) in [7, 11) is 0. The third kappa shape index (κ3) is 4.15. The maximum absolute atomic E-state index is 5.53. The molecule has 1 aliphatic carbocycles. The van der Waals surface area contributed by atoms with E-state index in [-0.39, 0.29) is 0 Å². The first kappa shape index (κ1) is 11.1. The highest BCUT2D eigenvalue weighted by Gasteiger charge is 2.20. The lowest BCUT2D eigenvalue weighted by Gasteiger charge is -2.19. The lowest BCUT2D eigenvalue weighted by molar-refractivity contribution is 0.394. The Morgan fingerprint density at radius 3 is 2.69 bits per heavy atom. The van der Waals surface area contributed by atoms with Crippen molar-refractivity contribution in [3.8, 4) is 0 Å². The van der Waals surface area contributed by atoms with Crippen LogP contribution in [-0.4, -0.2) is 18.5 Å². The molecule has 0 amide bonds.